The summed E-state index contributed by atoms with van der Waals surface area (Å²) in [6.07, 6.45) is 2.68. The lowest BCUT2D eigenvalue weighted by molar-refractivity contribution is -0.119. The number of nitrogens with zero attached hydrogens (tertiary/aromatic N) is 3. The molecule has 12 heteroatoms. The molecule has 3 amide bonds. The van der Waals surface area contributed by atoms with Gasteiger partial charge in [0, 0.05) is 29.4 Å². The number of carbonyl (C=O) groups is 2. The number of benzene rings is 2. The van der Waals surface area contributed by atoms with E-state index in [0.29, 0.717) is 16.4 Å². The Morgan fingerprint density at radius 3 is 2.45 bits per heavy atom. The second kappa shape index (κ2) is 10.9. The third-order valence-corrected chi connectivity index (χ3v) is 6.81. The van der Waals surface area contributed by atoms with E-state index in [1.165, 1.54) is 29.0 Å². The van der Waals surface area contributed by atoms with Crippen molar-refractivity contribution in [1.29, 1.82) is 0 Å². The summed E-state index contributed by atoms with van der Waals surface area (Å²) in [6.45, 7) is -0.376. The minimum atomic E-state index is -1.85. The molecule has 0 saturated carbocycles. The van der Waals surface area contributed by atoms with E-state index >= 15 is 0 Å². The average Bonchev–Trinajstić information content (AvgIpc) is 3.31. The van der Waals surface area contributed by atoms with Crippen LogP contribution >= 0.6 is 11.6 Å². The Kier molecular flexibility index (Phi) is 7.33. The Hall–Kier alpha value is -4.61. The number of aliphatic hydroxyl groups is 1. The number of carbonyl (C=O) groups excluding carboxylic acids is 2. The fraction of sp³-hybridized carbons (Fsp3) is 0.143. The lowest BCUT2D eigenvalue weighted by Gasteiger charge is -2.25. The number of urea groups is 1. The number of rotatable bonds is 5. The van der Waals surface area contributed by atoms with Gasteiger partial charge < -0.3 is 20.6 Å². The highest BCUT2D eigenvalue weighted by Crippen LogP contribution is 2.37. The van der Waals surface area contributed by atoms with Gasteiger partial charge in [-0.25, -0.2) is 18.6 Å². The van der Waals surface area contributed by atoms with E-state index < -0.39 is 35.2 Å². The Morgan fingerprint density at radius 2 is 1.77 bits per heavy atom. The summed E-state index contributed by atoms with van der Waals surface area (Å²) in [4.78, 5) is 44.0. The molecule has 3 N–H and O–H groups in total. The van der Waals surface area contributed by atoms with Crippen molar-refractivity contribution in [2.24, 2.45) is 0 Å². The molecule has 204 valence electrons. The van der Waals surface area contributed by atoms with Crippen LogP contribution in [0.4, 0.5) is 25.1 Å². The summed E-state index contributed by atoms with van der Waals surface area (Å²) in [5.74, 6) is -2.79. The zero-order valence-corrected chi connectivity index (χ0v) is 21.5. The van der Waals surface area contributed by atoms with Gasteiger partial charge in [-0.2, -0.15) is 0 Å². The van der Waals surface area contributed by atoms with E-state index in [1.807, 2.05) is 0 Å². The van der Waals surface area contributed by atoms with Crippen molar-refractivity contribution in [1.82, 2.24) is 14.5 Å². The standard InChI is InChI=1S/C28H22ClF2N5O4/c29-18-5-7-19(8-6-18)33-27(39)36-16-28(40,17-4-10-21(30)22(31)13-17)14-23(36)26(38)34-24-11-9-20(15-32-24)35-12-2-1-3-25(35)37/h1-13,15,23,40H,14,16H2,(H,33,39)(H,32,34,38)/t23-,28-/m1/s1. The molecule has 1 fully saturated rings. The first-order valence-electron chi connectivity index (χ1n) is 12.1. The molecule has 0 bridgehead atoms. The lowest BCUT2D eigenvalue weighted by atomic mass is 9.91. The molecule has 4 aromatic rings. The quantitative estimate of drug-likeness (QED) is 0.334. The molecule has 2 atom stereocenters. The van der Waals surface area contributed by atoms with Crippen LogP contribution in [0.5, 0.6) is 0 Å². The zero-order valence-electron chi connectivity index (χ0n) is 20.7. The van der Waals surface area contributed by atoms with E-state index in [0.717, 1.165) is 17.0 Å². The van der Waals surface area contributed by atoms with Gasteiger partial charge in [-0.1, -0.05) is 23.7 Å². The molecular weight excluding hydrogens is 544 g/mol. The number of β-amino-alcohol motifs (C(OH)–C–C–N with tert-alkyl or cyclic N) is 1. The Balaban J connectivity index is 1.40. The molecule has 2 aromatic heterocycles. The van der Waals surface area contributed by atoms with Gasteiger partial charge in [0.05, 0.1) is 18.4 Å². The molecule has 3 heterocycles. The van der Waals surface area contributed by atoms with E-state index in [4.69, 9.17) is 11.6 Å². The number of amides is 3. The number of likely N-dealkylation sites (tertiary alicyclic amines) is 1. The third-order valence-electron chi connectivity index (χ3n) is 6.55. The van der Waals surface area contributed by atoms with E-state index in [9.17, 15) is 28.3 Å². The normalized spacial score (nSPS) is 18.4. The Labute approximate surface area is 231 Å². The SMILES string of the molecule is O=C(Nc1ccc(-n2ccccc2=O)cn1)[C@H]1C[C@](O)(c2ccc(F)c(F)c2)CN1C(=O)Nc1ccc(Cl)cc1. The fourth-order valence-electron chi connectivity index (χ4n) is 4.51. The van der Waals surface area contributed by atoms with Crippen molar-refractivity contribution in [3.8, 4) is 5.69 Å². The Bertz CT molecular complexity index is 1630. The number of hydrogen-bond acceptors (Lipinski definition) is 5. The van der Waals surface area contributed by atoms with Gasteiger partial charge in [-0.15, -0.1) is 0 Å². The topological polar surface area (TPSA) is 117 Å². The predicted molar refractivity (Wildman–Crippen MR) is 144 cm³/mol. The highest BCUT2D eigenvalue weighted by atomic mass is 35.5. The van der Waals surface area contributed by atoms with Crippen LogP contribution in [0.25, 0.3) is 5.69 Å². The molecule has 40 heavy (non-hydrogen) atoms. The van der Waals surface area contributed by atoms with Gasteiger partial charge in [0.1, 0.15) is 17.5 Å². The van der Waals surface area contributed by atoms with E-state index in [2.05, 4.69) is 15.6 Å². The van der Waals surface area contributed by atoms with Crippen LogP contribution in [0, 0.1) is 11.6 Å². The van der Waals surface area contributed by atoms with Gasteiger partial charge in [0.25, 0.3) is 5.56 Å². The van der Waals surface area contributed by atoms with E-state index in [-0.39, 0.29) is 29.9 Å². The van der Waals surface area contributed by atoms with Crippen LogP contribution in [0.15, 0.2) is 90.0 Å². The molecule has 1 saturated heterocycles. The van der Waals surface area contributed by atoms with Crippen LogP contribution < -0.4 is 16.2 Å². The second-order valence-corrected chi connectivity index (χ2v) is 9.68. The number of nitrogens with one attached hydrogen (secondary N) is 2. The summed E-state index contributed by atoms with van der Waals surface area (Å²) in [7, 11) is 0. The van der Waals surface area contributed by atoms with Crippen molar-refractivity contribution < 1.29 is 23.5 Å². The minimum absolute atomic E-state index is 0.0155. The molecule has 5 rings (SSSR count). The summed E-state index contributed by atoms with van der Waals surface area (Å²) in [6, 6.07) is 15.1. The molecule has 1 aliphatic heterocycles. The molecular formula is C28H22ClF2N5O4. The fourth-order valence-corrected chi connectivity index (χ4v) is 4.64. The largest absolute Gasteiger partial charge is 0.383 e. The highest BCUT2D eigenvalue weighted by Gasteiger charge is 2.49. The summed E-state index contributed by atoms with van der Waals surface area (Å²) >= 11 is 5.91. The molecule has 0 aliphatic carbocycles. The van der Waals surface area contributed by atoms with Crippen LogP contribution in [-0.2, 0) is 10.4 Å². The van der Waals surface area contributed by atoms with Crippen LogP contribution in [-0.4, -0.2) is 44.1 Å². The number of anilines is 2. The first-order valence-corrected chi connectivity index (χ1v) is 12.5. The average molecular weight is 566 g/mol. The third kappa shape index (κ3) is 5.56. The van der Waals surface area contributed by atoms with Crippen molar-refractivity contribution in [2.75, 3.05) is 17.2 Å². The monoisotopic (exact) mass is 565 g/mol. The molecule has 9 nitrogen and oxygen atoms in total. The number of halogens is 3. The van der Waals surface area contributed by atoms with Gasteiger partial charge in [0.2, 0.25) is 5.91 Å². The molecule has 0 spiro atoms. The predicted octanol–water partition coefficient (Wildman–Crippen LogP) is 4.30. The second-order valence-electron chi connectivity index (χ2n) is 9.25. The molecule has 1 aliphatic rings. The van der Waals surface area contributed by atoms with Crippen LogP contribution in [0.3, 0.4) is 0 Å². The van der Waals surface area contributed by atoms with Crippen molar-refractivity contribution in [3.63, 3.8) is 0 Å². The van der Waals surface area contributed by atoms with Crippen molar-refractivity contribution in [2.45, 2.75) is 18.1 Å². The van der Waals surface area contributed by atoms with Gasteiger partial charge in [0.15, 0.2) is 11.6 Å². The first kappa shape index (κ1) is 27.0. The van der Waals surface area contributed by atoms with Gasteiger partial charge in [-0.05, 0) is 60.2 Å². The maximum Gasteiger partial charge on any atom is 0.322 e. The van der Waals surface area contributed by atoms with E-state index in [1.54, 1.807) is 48.7 Å². The number of pyridine rings is 2. The van der Waals surface area contributed by atoms with Crippen molar-refractivity contribution in [3.05, 3.63) is 118 Å². The lowest BCUT2D eigenvalue weighted by Crippen LogP contribution is -2.45. The minimum Gasteiger partial charge on any atom is -0.383 e. The molecule has 2 aromatic carbocycles. The van der Waals surface area contributed by atoms with Crippen LogP contribution in [0.2, 0.25) is 5.02 Å². The molecule has 0 unspecified atom stereocenters. The molecule has 0 radical (unpaired) electrons. The Morgan fingerprint density at radius 1 is 1.00 bits per heavy atom. The van der Waals surface area contributed by atoms with Gasteiger partial charge >= 0.3 is 6.03 Å². The highest BCUT2D eigenvalue weighted by molar-refractivity contribution is 6.30. The first-order chi connectivity index (χ1) is 19.1. The zero-order chi connectivity index (χ0) is 28.4. The van der Waals surface area contributed by atoms with Crippen molar-refractivity contribution >= 4 is 35.0 Å². The smallest absolute Gasteiger partial charge is 0.322 e. The van der Waals surface area contributed by atoms with Gasteiger partial charge in [-0.3, -0.25) is 14.2 Å². The number of aromatic nitrogens is 2. The number of hydrogen-bond donors (Lipinski definition) is 3. The summed E-state index contributed by atoms with van der Waals surface area (Å²) in [5.41, 5.74) is -1.22. The summed E-state index contributed by atoms with van der Waals surface area (Å²) in [5, 5.41) is 17.2. The maximum absolute atomic E-state index is 14.0. The van der Waals surface area contributed by atoms with Crippen LogP contribution in [0.1, 0.15) is 12.0 Å². The maximum atomic E-state index is 14.0. The summed E-state index contributed by atoms with van der Waals surface area (Å²) < 4.78 is 28.9.